The molecule has 19 heavy (non-hydrogen) atoms. The van der Waals surface area contributed by atoms with Gasteiger partial charge in [0.2, 0.25) is 0 Å². The molecule has 0 N–H and O–H groups in total. The van der Waals surface area contributed by atoms with Gasteiger partial charge in [-0.3, -0.25) is 14.9 Å². The first-order chi connectivity index (χ1) is 8.55. The fourth-order valence-electron chi connectivity index (χ4n) is 1.20. The van der Waals surface area contributed by atoms with Crippen molar-refractivity contribution in [3.05, 3.63) is 33.1 Å². The lowest BCUT2D eigenvalue weighted by atomic mass is 10.1. The van der Waals surface area contributed by atoms with Crippen molar-refractivity contribution in [3.8, 4) is 0 Å². The molecule has 0 aliphatic heterocycles. The first-order valence-corrected chi connectivity index (χ1v) is 4.68. The van der Waals surface area contributed by atoms with Crippen LogP contribution in [0.1, 0.15) is 28.2 Å². The predicted octanol–water partition coefficient (Wildman–Crippen LogP) is 3.33. The van der Waals surface area contributed by atoms with Gasteiger partial charge in [-0.1, -0.05) is 0 Å². The van der Waals surface area contributed by atoms with Gasteiger partial charge in [0.25, 0.3) is 17.4 Å². The van der Waals surface area contributed by atoms with Gasteiger partial charge in [-0.2, -0.15) is 13.2 Å². The number of nitro groups is 1. The van der Waals surface area contributed by atoms with E-state index in [1.807, 2.05) is 0 Å². The Kier molecular flexibility index (Phi) is 4.03. The molecule has 104 valence electrons. The fraction of sp³-hybridized carbons (Fsp3) is 0.250. The average Bonchev–Trinajstić information content (AvgIpc) is 2.25. The zero-order chi connectivity index (χ0) is 15.0. The maximum atomic E-state index is 12.5. The summed E-state index contributed by atoms with van der Waals surface area (Å²) in [4.78, 5) is 22.5. The first kappa shape index (κ1) is 15.2. The quantitative estimate of drug-likeness (QED) is 0.371. The largest absolute Gasteiger partial charge is 0.433 e. The van der Waals surface area contributed by atoms with E-state index in [0.717, 1.165) is 0 Å². The van der Waals surface area contributed by atoms with Crippen molar-refractivity contribution in [2.45, 2.75) is 12.6 Å². The standard InChI is InChI=1S/C8H2ClF5N2O3/c9-6(17)4-2(16(18)19)1-3(8(12,13)14)15-5(4)7(10)11/h1,7H. The van der Waals surface area contributed by atoms with Crippen LogP contribution in [0, 0.1) is 10.1 Å². The van der Waals surface area contributed by atoms with Crippen LogP contribution < -0.4 is 0 Å². The normalized spacial score (nSPS) is 11.7. The summed E-state index contributed by atoms with van der Waals surface area (Å²) < 4.78 is 62.2. The lowest BCUT2D eigenvalue weighted by molar-refractivity contribution is -0.385. The highest BCUT2D eigenvalue weighted by Gasteiger charge is 2.39. The Bertz CT molecular complexity index is 546. The summed E-state index contributed by atoms with van der Waals surface area (Å²) in [5.74, 6) is 0. The van der Waals surface area contributed by atoms with Gasteiger partial charge in [0.15, 0.2) is 5.69 Å². The molecule has 0 atom stereocenters. The number of hydrogen-bond acceptors (Lipinski definition) is 4. The Morgan fingerprint density at radius 3 is 2.26 bits per heavy atom. The summed E-state index contributed by atoms with van der Waals surface area (Å²) in [6.45, 7) is 0. The molecule has 1 heterocycles. The van der Waals surface area contributed by atoms with Crippen LogP contribution >= 0.6 is 11.6 Å². The summed E-state index contributed by atoms with van der Waals surface area (Å²) in [6.07, 6.45) is -8.80. The van der Waals surface area contributed by atoms with E-state index >= 15 is 0 Å². The monoisotopic (exact) mass is 304 g/mol. The molecule has 0 radical (unpaired) electrons. The zero-order valence-electron chi connectivity index (χ0n) is 8.54. The summed E-state index contributed by atoms with van der Waals surface area (Å²) in [7, 11) is 0. The molecular weight excluding hydrogens is 303 g/mol. The smallest absolute Gasteiger partial charge is 0.275 e. The Hall–Kier alpha value is -1.84. The van der Waals surface area contributed by atoms with Gasteiger partial charge in [0, 0.05) is 6.07 Å². The third-order valence-corrected chi connectivity index (χ3v) is 2.11. The van der Waals surface area contributed by atoms with Crippen molar-refractivity contribution in [2.24, 2.45) is 0 Å². The van der Waals surface area contributed by atoms with Crippen molar-refractivity contribution in [3.63, 3.8) is 0 Å². The highest BCUT2D eigenvalue weighted by Crippen LogP contribution is 2.36. The Balaban J connectivity index is 3.73. The van der Waals surface area contributed by atoms with Crippen LogP contribution in [0.25, 0.3) is 0 Å². The number of carbonyl (C=O) groups excluding carboxylic acids is 1. The van der Waals surface area contributed by atoms with E-state index in [-0.39, 0.29) is 6.07 Å². The minimum Gasteiger partial charge on any atom is -0.275 e. The van der Waals surface area contributed by atoms with E-state index in [4.69, 9.17) is 11.6 Å². The van der Waals surface area contributed by atoms with Gasteiger partial charge in [-0.25, -0.2) is 13.8 Å². The van der Waals surface area contributed by atoms with Crippen LogP contribution in [0.3, 0.4) is 0 Å². The van der Waals surface area contributed by atoms with Crippen molar-refractivity contribution in [2.75, 3.05) is 0 Å². The molecular formula is C8H2ClF5N2O3. The van der Waals surface area contributed by atoms with Crippen molar-refractivity contribution < 1.29 is 31.7 Å². The number of carbonyl (C=O) groups is 1. The average molecular weight is 305 g/mol. The molecule has 0 fully saturated rings. The minimum atomic E-state index is -5.18. The maximum absolute atomic E-state index is 12.5. The van der Waals surface area contributed by atoms with Crippen LogP contribution in [0.2, 0.25) is 0 Å². The number of alkyl halides is 5. The summed E-state index contributed by atoms with van der Waals surface area (Å²) in [6, 6.07) is -0.124. The summed E-state index contributed by atoms with van der Waals surface area (Å²) >= 11 is 4.87. The van der Waals surface area contributed by atoms with E-state index in [0.29, 0.717) is 0 Å². The van der Waals surface area contributed by atoms with E-state index in [9.17, 15) is 36.9 Å². The number of rotatable bonds is 3. The number of halogens is 6. The van der Waals surface area contributed by atoms with Crippen molar-refractivity contribution >= 4 is 22.5 Å². The van der Waals surface area contributed by atoms with Crippen LogP contribution in [-0.2, 0) is 6.18 Å². The van der Waals surface area contributed by atoms with Gasteiger partial charge >= 0.3 is 6.18 Å². The molecule has 0 bridgehead atoms. The summed E-state index contributed by atoms with van der Waals surface area (Å²) in [5.41, 5.74) is -6.41. The fourth-order valence-corrected chi connectivity index (χ4v) is 1.39. The number of aromatic nitrogens is 1. The molecule has 1 rings (SSSR count). The molecule has 0 spiro atoms. The SMILES string of the molecule is O=C(Cl)c1c([N+](=O)[O-])cc(C(F)(F)F)nc1C(F)F. The van der Waals surface area contributed by atoms with E-state index < -0.39 is 45.4 Å². The Labute approximate surface area is 106 Å². The topological polar surface area (TPSA) is 73.1 Å². The van der Waals surface area contributed by atoms with Crippen molar-refractivity contribution in [1.29, 1.82) is 0 Å². The minimum absolute atomic E-state index is 0.124. The highest BCUT2D eigenvalue weighted by molar-refractivity contribution is 6.68. The third kappa shape index (κ3) is 3.13. The second-order valence-corrected chi connectivity index (χ2v) is 3.46. The van der Waals surface area contributed by atoms with Crippen LogP contribution in [-0.4, -0.2) is 15.1 Å². The van der Waals surface area contributed by atoms with E-state index in [1.165, 1.54) is 0 Å². The second-order valence-electron chi connectivity index (χ2n) is 3.12. The molecule has 0 unspecified atom stereocenters. The van der Waals surface area contributed by atoms with Gasteiger partial charge in [-0.05, 0) is 11.6 Å². The number of pyridine rings is 1. The Morgan fingerprint density at radius 2 is 1.95 bits per heavy atom. The summed E-state index contributed by atoms with van der Waals surface area (Å²) in [5, 5.41) is 8.84. The lowest BCUT2D eigenvalue weighted by Gasteiger charge is -2.10. The lowest BCUT2D eigenvalue weighted by Crippen LogP contribution is -2.14. The van der Waals surface area contributed by atoms with Gasteiger partial charge in [0.1, 0.15) is 11.3 Å². The first-order valence-electron chi connectivity index (χ1n) is 4.30. The molecule has 0 saturated carbocycles. The molecule has 1 aromatic rings. The molecule has 0 amide bonds. The molecule has 1 aromatic heterocycles. The van der Waals surface area contributed by atoms with Crippen molar-refractivity contribution in [1.82, 2.24) is 4.98 Å². The Morgan fingerprint density at radius 1 is 1.42 bits per heavy atom. The maximum Gasteiger partial charge on any atom is 0.433 e. The third-order valence-electron chi connectivity index (χ3n) is 1.92. The predicted molar refractivity (Wildman–Crippen MR) is 51.0 cm³/mol. The number of nitrogens with zero attached hydrogens (tertiary/aromatic N) is 2. The molecule has 0 saturated heterocycles. The van der Waals surface area contributed by atoms with Gasteiger partial charge in [0.05, 0.1) is 4.92 Å². The van der Waals surface area contributed by atoms with Crippen LogP contribution in [0.5, 0.6) is 0 Å². The highest BCUT2D eigenvalue weighted by atomic mass is 35.5. The van der Waals surface area contributed by atoms with Crippen LogP contribution in [0.4, 0.5) is 27.6 Å². The second kappa shape index (κ2) is 5.03. The van der Waals surface area contributed by atoms with E-state index in [2.05, 4.69) is 4.98 Å². The molecule has 11 heteroatoms. The van der Waals surface area contributed by atoms with Gasteiger partial charge < -0.3 is 0 Å². The molecule has 5 nitrogen and oxygen atoms in total. The molecule has 0 aromatic carbocycles. The van der Waals surface area contributed by atoms with Gasteiger partial charge in [-0.15, -0.1) is 0 Å². The van der Waals surface area contributed by atoms with E-state index in [1.54, 1.807) is 0 Å². The molecule has 0 aliphatic rings. The zero-order valence-corrected chi connectivity index (χ0v) is 9.30. The number of hydrogen-bond donors (Lipinski definition) is 0. The van der Waals surface area contributed by atoms with Crippen LogP contribution in [0.15, 0.2) is 6.07 Å². The molecule has 0 aliphatic carbocycles.